The fraction of sp³-hybridized carbons (Fsp3) is 0.455. The lowest BCUT2D eigenvalue weighted by molar-refractivity contribution is 0.0455. The van der Waals surface area contributed by atoms with E-state index in [-0.39, 0.29) is 17.4 Å². The van der Waals surface area contributed by atoms with Crippen molar-refractivity contribution in [3.8, 4) is 0 Å². The molecule has 2 unspecified atom stereocenters. The number of halogens is 1. The van der Waals surface area contributed by atoms with E-state index >= 15 is 0 Å². The summed E-state index contributed by atoms with van der Waals surface area (Å²) in [6, 6.07) is 5.18. The molecule has 2 atom stereocenters. The molecular weight excluding hydrogens is 199 g/mol. The molecule has 0 radical (unpaired) electrons. The van der Waals surface area contributed by atoms with Gasteiger partial charge < -0.3 is 4.74 Å². The molecule has 0 aromatic heterocycles. The summed E-state index contributed by atoms with van der Waals surface area (Å²) in [5.74, 6) is -0.111. The van der Waals surface area contributed by atoms with Gasteiger partial charge in [-0.2, -0.15) is 0 Å². The van der Waals surface area contributed by atoms with Crippen LogP contribution in [0.4, 0.5) is 4.39 Å². The van der Waals surface area contributed by atoms with Crippen LogP contribution in [0.2, 0.25) is 0 Å². The van der Waals surface area contributed by atoms with E-state index in [1.54, 1.807) is 6.07 Å². The van der Waals surface area contributed by atoms with Gasteiger partial charge in [0.25, 0.3) is 0 Å². The van der Waals surface area contributed by atoms with Gasteiger partial charge in [-0.3, -0.25) is 0 Å². The zero-order valence-corrected chi connectivity index (χ0v) is 8.93. The van der Waals surface area contributed by atoms with E-state index in [0.717, 1.165) is 24.0 Å². The van der Waals surface area contributed by atoms with Gasteiger partial charge in [0.05, 0.1) is 11.5 Å². The van der Waals surface area contributed by atoms with Crippen LogP contribution < -0.4 is 0 Å². The first-order valence-electron chi connectivity index (χ1n) is 4.79. The van der Waals surface area contributed by atoms with Crippen LogP contribution in [0.15, 0.2) is 18.2 Å². The third-order valence-corrected chi connectivity index (χ3v) is 2.64. The van der Waals surface area contributed by atoms with Crippen LogP contribution in [0, 0.1) is 5.82 Å². The van der Waals surface area contributed by atoms with E-state index in [9.17, 15) is 4.39 Å². The van der Waals surface area contributed by atoms with Crippen molar-refractivity contribution < 1.29 is 9.13 Å². The molecule has 0 spiro atoms. The molecule has 1 aliphatic rings. The van der Waals surface area contributed by atoms with Crippen molar-refractivity contribution in [2.45, 2.75) is 31.3 Å². The predicted octanol–water partition coefficient (Wildman–Crippen LogP) is 3.11. The van der Waals surface area contributed by atoms with Crippen molar-refractivity contribution >= 4 is 12.6 Å². The molecule has 1 aromatic rings. The highest BCUT2D eigenvalue weighted by molar-refractivity contribution is 7.80. The summed E-state index contributed by atoms with van der Waals surface area (Å²) in [4.78, 5) is 0. The van der Waals surface area contributed by atoms with Crippen molar-refractivity contribution in [2.75, 3.05) is 0 Å². The van der Waals surface area contributed by atoms with E-state index in [4.69, 9.17) is 4.74 Å². The van der Waals surface area contributed by atoms with Crippen molar-refractivity contribution in [3.63, 3.8) is 0 Å². The number of thiol groups is 1. The molecule has 1 nitrogen and oxygen atoms in total. The Morgan fingerprint density at radius 1 is 1.57 bits per heavy atom. The quantitative estimate of drug-likeness (QED) is 0.585. The number of rotatable bonds is 2. The second-order valence-corrected chi connectivity index (χ2v) is 4.30. The van der Waals surface area contributed by atoms with Crippen LogP contribution in [0.25, 0.3) is 0 Å². The maximum absolute atomic E-state index is 13.3. The molecule has 0 bridgehead atoms. The van der Waals surface area contributed by atoms with Crippen LogP contribution >= 0.6 is 12.6 Å². The van der Waals surface area contributed by atoms with Gasteiger partial charge in [0, 0.05) is 0 Å². The number of hydrogen-bond acceptors (Lipinski definition) is 2. The molecule has 3 heteroatoms. The van der Waals surface area contributed by atoms with Gasteiger partial charge in [-0.25, -0.2) is 4.39 Å². The highest BCUT2D eigenvalue weighted by Crippen LogP contribution is 2.36. The molecule has 76 valence electrons. The van der Waals surface area contributed by atoms with Crippen LogP contribution in [0.3, 0.4) is 0 Å². The van der Waals surface area contributed by atoms with E-state index in [1.165, 1.54) is 6.07 Å². The van der Waals surface area contributed by atoms with Gasteiger partial charge in [0.15, 0.2) is 0 Å². The van der Waals surface area contributed by atoms with Gasteiger partial charge in [-0.15, -0.1) is 12.6 Å². The smallest absolute Gasteiger partial charge is 0.126 e. The van der Waals surface area contributed by atoms with E-state index in [0.29, 0.717) is 0 Å². The Labute approximate surface area is 88.7 Å². The average molecular weight is 212 g/mol. The number of hydrogen-bond donors (Lipinski definition) is 1. The topological polar surface area (TPSA) is 9.23 Å². The van der Waals surface area contributed by atoms with E-state index in [1.807, 2.05) is 13.0 Å². The van der Waals surface area contributed by atoms with Gasteiger partial charge in [0.2, 0.25) is 0 Å². The molecule has 1 aromatic carbocycles. The van der Waals surface area contributed by atoms with Gasteiger partial charge in [-0.1, -0.05) is 12.1 Å². The normalized spacial score (nSPS) is 22.1. The zero-order chi connectivity index (χ0) is 10.1. The number of benzene rings is 1. The molecule has 0 saturated heterocycles. The Morgan fingerprint density at radius 3 is 3.07 bits per heavy atom. The van der Waals surface area contributed by atoms with Crippen molar-refractivity contribution in [1.82, 2.24) is 0 Å². The molecule has 1 aliphatic carbocycles. The first kappa shape index (κ1) is 9.99. The summed E-state index contributed by atoms with van der Waals surface area (Å²) in [7, 11) is 0. The first-order valence-corrected chi connectivity index (χ1v) is 5.31. The van der Waals surface area contributed by atoms with Gasteiger partial charge in [0.1, 0.15) is 5.82 Å². The maximum Gasteiger partial charge on any atom is 0.126 e. The summed E-state index contributed by atoms with van der Waals surface area (Å²) in [6.07, 6.45) is 1.65. The fourth-order valence-corrected chi connectivity index (χ4v) is 2.10. The largest absolute Gasteiger partial charge is 0.360 e. The minimum atomic E-state index is -0.111. The third-order valence-electron chi connectivity index (χ3n) is 2.52. The van der Waals surface area contributed by atoms with Crippen molar-refractivity contribution in [1.29, 1.82) is 0 Å². The molecule has 2 rings (SSSR count). The van der Waals surface area contributed by atoms with Crippen molar-refractivity contribution in [3.05, 3.63) is 35.1 Å². The molecule has 0 N–H and O–H groups in total. The molecule has 0 heterocycles. The summed E-state index contributed by atoms with van der Waals surface area (Å²) in [5.41, 5.74) is 1.70. The number of ether oxygens (including phenoxy) is 1. The minimum absolute atomic E-state index is 0.0215. The summed E-state index contributed by atoms with van der Waals surface area (Å²) in [5, 5.41) is 0. The fourth-order valence-electron chi connectivity index (χ4n) is 1.95. The second-order valence-electron chi connectivity index (χ2n) is 3.57. The summed E-state index contributed by atoms with van der Waals surface area (Å²) in [6.45, 7) is 1.88. The molecule has 14 heavy (non-hydrogen) atoms. The van der Waals surface area contributed by atoms with E-state index < -0.39 is 0 Å². The highest BCUT2D eigenvalue weighted by atomic mass is 32.1. The SMILES string of the molecule is CC(S)OC1CCc2c(F)cccc21. The lowest BCUT2D eigenvalue weighted by Crippen LogP contribution is -2.05. The molecule has 0 fully saturated rings. The standard InChI is InChI=1S/C11H13FOS/c1-7(14)13-11-6-5-8-9(11)3-2-4-10(8)12/h2-4,7,11,14H,5-6H2,1H3. The first-order chi connectivity index (χ1) is 6.68. The third kappa shape index (κ3) is 1.79. The van der Waals surface area contributed by atoms with Crippen LogP contribution in [-0.2, 0) is 11.2 Å². The van der Waals surface area contributed by atoms with E-state index in [2.05, 4.69) is 12.6 Å². The van der Waals surface area contributed by atoms with Crippen LogP contribution in [-0.4, -0.2) is 5.44 Å². The maximum atomic E-state index is 13.3. The van der Waals surface area contributed by atoms with Crippen molar-refractivity contribution in [2.24, 2.45) is 0 Å². The highest BCUT2D eigenvalue weighted by Gasteiger charge is 2.25. The minimum Gasteiger partial charge on any atom is -0.360 e. The van der Waals surface area contributed by atoms with Crippen LogP contribution in [0.1, 0.15) is 30.6 Å². The molecule has 0 aliphatic heterocycles. The van der Waals surface area contributed by atoms with Gasteiger partial charge >= 0.3 is 0 Å². The average Bonchev–Trinajstić information content (AvgIpc) is 2.49. The lowest BCUT2D eigenvalue weighted by Gasteiger charge is -2.15. The lowest BCUT2D eigenvalue weighted by atomic mass is 10.1. The monoisotopic (exact) mass is 212 g/mol. The molecule has 0 saturated carbocycles. The number of fused-ring (bicyclic) bond motifs is 1. The summed E-state index contributed by atoms with van der Waals surface area (Å²) < 4.78 is 18.9. The Bertz CT molecular complexity index is 338. The Balaban J connectivity index is 2.26. The molecule has 0 amide bonds. The Morgan fingerprint density at radius 2 is 2.36 bits per heavy atom. The Hall–Kier alpha value is -0.540. The second kappa shape index (κ2) is 3.91. The molecular formula is C11H13FOS. The summed E-state index contributed by atoms with van der Waals surface area (Å²) >= 11 is 4.17. The Kier molecular flexibility index (Phi) is 2.79. The van der Waals surface area contributed by atoms with Gasteiger partial charge in [-0.05, 0) is 37.0 Å². The van der Waals surface area contributed by atoms with Crippen LogP contribution in [0.5, 0.6) is 0 Å². The predicted molar refractivity (Wildman–Crippen MR) is 57.0 cm³/mol. The zero-order valence-electron chi connectivity index (χ0n) is 8.03.